The summed E-state index contributed by atoms with van der Waals surface area (Å²) < 4.78 is 68.7. The van der Waals surface area contributed by atoms with E-state index in [1.165, 1.54) is 218 Å². The van der Waals surface area contributed by atoms with Gasteiger partial charge in [0.15, 0.2) is 12.2 Å². The molecule has 0 amide bonds. The fourth-order valence-corrected chi connectivity index (χ4v) is 13.8. The largest absolute Gasteiger partial charge is 0.472 e. The molecule has 0 radical (unpaired) electrons. The molecule has 0 aromatic heterocycles. The van der Waals surface area contributed by atoms with Crippen molar-refractivity contribution in [1.82, 2.24) is 0 Å². The number of hydrogen-bond donors (Lipinski definition) is 3. The average Bonchev–Trinajstić information content (AvgIpc) is 1.31. The molecule has 0 bridgehead atoms. The van der Waals surface area contributed by atoms with Gasteiger partial charge in [-0.25, -0.2) is 9.13 Å². The van der Waals surface area contributed by atoms with Crippen molar-refractivity contribution in [3.63, 3.8) is 0 Å². The van der Waals surface area contributed by atoms with Crippen molar-refractivity contribution in [2.45, 2.75) is 433 Å². The first-order chi connectivity index (χ1) is 47.8. The van der Waals surface area contributed by atoms with E-state index < -0.39 is 97.5 Å². The summed E-state index contributed by atoms with van der Waals surface area (Å²) in [7, 11) is -9.92. The van der Waals surface area contributed by atoms with Crippen LogP contribution >= 0.6 is 15.6 Å². The third-order valence-electron chi connectivity index (χ3n) is 19.4. The zero-order valence-electron chi connectivity index (χ0n) is 65.0. The molecule has 0 rings (SSSR count). The Hall–Kier alpha value is -1.94. The lowest BCUT2D eigenvalue weighted by molar-refractivity contribution is -0.161. The minimum atomic E-state index is -4.96. The zero-order valence-corrected chi connectivity index (χ0v) is 66.8. The second kappa shape index (κ2) is 70.4. The van der Waals surface area contributed by atoms with E-state index in [9.17, 15) is 43.2 Å². The van der Waals surface area contributed by atoms with E-state index in [0.29, 0.717) is 25.7 Å². The predicted octanol–water partition coefficient (Wildman–Crippen LogP) is 23.7. The van der Waals surface area contributed by atoms with Crippen LogP contribution in [0.25, 0.3) is 0 Å². The number of hydrogen-bond acceptors (Lipinski definition) is 15. The number of aliphatic hydroxyl groups is 1. The van der Waals surface area contributed by atoms with Gasteiger partial charge in [-0.05, 0) is 43.4 Å². The Bertz CT molecular complexity index is 1930. The van der Waals surface area contributed by atoms with Gasteiger partial charge in [0.2, 0.25) is 0 Å². The highest BCUT2D eigenvalue weighted by molar-refractivity contribution is 7.47. The van der Waals surface area contributed by atoms with Crippen LogP contribution in [0.15, 0.2) is 0 Å². The summed E-state index contributed by atoms with van der Waals surface area (Å²) in [4.78, 5) is 73.0. The summed E-state index contributed by atoms with van der Waals surface area (Å²) in [6.45, 7) is 12.0. The van der Waals surface area contributed by atoms with Crippen molar-refractivity contribution in [2.24, 2.45) is 17.8 Å². The maximum atomic E-state index is 13.1. The normalized spacial score (nSPS) is 14.5. The number of aliphatic hydroxyl groups excluding tert-OH is 1. The van der Waals surface area contributed by atoms with Gasteiger partial charge in [-0.3, -0.25) is 37.3 Å². The van der Waals surface area contributed by atoms with Crippen LogP contribution in [0.1, 0.15) is 414 Å². The zero-order chi connectivity index (χ0) is 73.0. The summed E-state index contributed by atoms with van der Waals surface area (Å²) in [6.07, 6.45) is 58.2. The minimum Gasteiger partial charge on any atom is -0.462 e. The van der Waals surface area contributed by atoms with Gasteiger partial charge in [-0.2, -0.15) is 0 Å². The fraction of sp³-hybridized carbons (Fsp3) is 0.950. The summed E-state index contributed by atoms with van der Waals surface area (Å²) in [5.41, 5.74) is 0. The van der Waals surface area contributed by atoms with E-state index >= 15 is 0 Å². The van der Waals surface area contributed by atoms with Crippen LogP contribution in [0.2, 0.25) is 0 Å². The van der Waals surface area contributed by atoms with Crippen molar-refractivity contribution in [2.75, 3.05) is 39.6 Å². The minimum absolute atomic E-state index is 0.106. The summed E-state index contributed by atoms with van der Waals surface area (Å²) in [5.74, 6) is 0.241. The molecular weight excluding hydrogens is 1290 g/mol. The van der Waals surface area contributed by atoms with Gasteiger partial charge in [-0.1, -0.05) is 363 Å². The van der Waals surface area contributed by atoms with Gasteiger partial charge in [0, 0.05) is 25.7 Å². The highest BCUT2D eigenvalue weighted by atomic mass is 31.2. The van der Waals surface area contributed by atoms with Crippen molar-refractivity contribution in [1.29, 1.82) is 0 Å². The van der Waals surface area contributed by atoms with Crippen LogP contribution in [-0.4, -0.2) is 96.7 Å². The van der Waals surface area contributed by atoms with Crippen molar-refractivity contribution in [3.05, 3.63) is 0 Å². The molecule has 0 saturated heterocycles. The molecule has 0 aromatic rings. The molecule has 17 nitrogen and oxygen atoms in total. The number of carbonyl (C=O) groups excluding carboxylic acids is 4. The number of carbonyl (C=O) groups is 4. The van der Waals surface area contributed by atoms with Crippen molar-refractivity contribution >= 4 is 39.5 Å². The topological polar surface area (TPSA) is 237 Å². The van der Waals surface area contributed by atoms with E-state index in [4.69, 9.17) is 37.0 Å². The van der Waals surface area contributed by atoms with Crippen LogP contribution < -0.4 is 0 Å². The molecule has 588 valence electrons. The van der Waals surface area contributed by atoms with E-state index in [2.05, 4.69) is 48.5 Å². The predicted molar refractivity (Wildman–Crippen MR) is 405 cm³/mol. The quantitative estimate of drug-likeness (QED) is 0.0222. The first kappa shape index (κ1) is 97.1. The van der Waals surface area contributed by atoms with Gasteiger partial charge in [0.1, 0.15) is 19.3 Å². The molecule has 0 aliphatic carbocycles. The van der Waals surface area contributed by atoms with Crippen LogP contribution in [0.5, 0.6) is 0 Å². The molecule has 0 spiro atoms. The second-order valence-corrected chi connectivity index (χ2v) is 32.7. The van der Waals surface area contributed by atoms with Crippen LogP contribution in [0, 0.1) is 17.8 Å². The molecule has 99 heavy (non-hydrogen) atoms. The Kier molecular flexibility index (Phi) is 69.0. The number of esters is 4. The van der Waals surface area contributed by atoms with E-state index in [0.717, 1.165) is 114 Å². The van der Waals surface area contributed by atoms with Gasteiger partial charge in [0.05, 0.1) is 26.4 Å². The number of ether oxygens (including phenoxy) is 4. The Morgan fingerprint density at radius 1 is 0.293 bits per heavy atom. The molecule has 0 aromatic carbocycles. The monoisotopic (exact) mass is 1450 g/mol. The Balaban J connectivity index is 5.26. The molecule has 19 heteroatoms. The third-order valence-corrected chi connectivity index (χ3v) is 21.3. The molecular formula is C80H156O17P2. The van der Waals surface area contributed by atoms with Crippen LogP contribution in [0.4, 0.5) is 0 Å². The van der Waals surface area contributed by atoms with Crippen LogP contribution in [0.3, 0.4) is 0 Å². The third kappa shape index (κ3) is 71.5. The highest BCUT2D eigenvalue weighted by Gasteiger charge is 2.30. The summed E-state index contributed by atoms with van der Waals surface area (Å²) in [6, 6.07) is 0. The lowest BCUT2D eigenvalue weighted by atomic mass is 9.99. The smallest absolute Gasteiger partial charge is 0.462 e. The molecule has 0 aliphatic heterocycles. The second-order valence-electron chi connectivity index (χ2n) is 29.8. The highest BCUT2D eigenvalue weighted by Crippen LogP contribution is 2.45. The number of phosphoric acid groups is 2. The molecule has 0 aliphatic rings. The molecule has 4 unspecified atom stereocenters. The molecule has 0 fully saturated rings. The number of unbranched alkanes of at least 4 members (excludes halogenated alkanes) is 44. The lowest BCUT2D eigenvalue weighted by Gasteiger charge is -2.21. The van der Waals surface area contributed by atoms with Crippen molar-refractivity contribution < 1.29 is 80.2 Å². The molecule has 0 heterocycles. The van der Waals surface area contributed by atoms with Gasteiger partial charge in [0.25, 0.3) is 0 Å². The molecule has 0 saturated carbocycles. The average molecular weight is 1450 g/mol. The van der Waals surface area contributed by atoms with Gasteiger partial charge < -0.3 is 33.8 Å². The Labute approximate surface area is 607 Å². The Morgan fingerprint density at radius 3 is 0.768 bits per heavy atom. The number of rotatable bonds is 78. The summed E-state index contributed by atoms with van der Waals surface area (Å²) >= 11 is 0. The lowest BCUT2D eigenvalue weighted by Crippen LogP contribution is -2.30. The molecule has 7 atom stereocenters. The van der Waals surface area contributed by atoms with Crippen LogP contribution in [-0.2, 0) is 65.4 Å². The van der Waals surface area contributed by atoms with Crippen molar-refractivity contribution in [3.8, 4) is 0 Å². The van der Waals surface area contributed by atoms with Gasteiger partial charge in [-0.15, -0.1) is 0 Å². The first-order valence-electron chi connectivity index (χ1n) is 41.4. The van der Waals surface area contributed by atoms with E-state index in [1.807, 2.05) is 0 Å². The standard InChI is InChI=1S/C80H156O17P2/c1-8-11-12-13-14-15-16-17-18-19-23-29-34-39-47-54-61-77(82)90-67-75(96-79(84)63-56-49-40-35-30-24-21-20-22-28-33-38-45-52-59-72(6)9-2)69-94-98(86,87)92-65-74(81)66-93-99(88,89)95-70-76(68-91-78(83)62-55-48-43-42-46-53-60-73(7)10-3)97-80(85)64-57-50-41-36-31-26-25-27-32-37-44-51-58-71(4)5/h71-76,81H,8-70H2,1-7H3,(H,86,87)(H,88,89)/t72?,73?,74-,75-,76-/m1/s1. The Morgan fingerprint density at radius 2 is 0.515 bits per heavy atom. The molecule has 3 N–H and O–H groups in total. The van der Waals surface area contributed by atoms with E-state index in [1.54, 1.807) is 0 Å². The fourth-order valence-electron chi connectivity index (χ4n) is 12.2. The van der Waals surface area contributed by atoms with E-state index in [-0.39, 0.29) is 25.7 Å². The maximum Gasteiger partial charge on any atom is 0.472 e. The SMILES string of the molecule is CCCCCCCCCCCCCCCCCCC(=O)OC[C@H](COP(=O)(O)OC[C@@H](O)COP(=O)(O)OC[C@@H](COC(=O)CCCCCCCCC(C)CC)OC(=O)CCCCCCCCCCCCCCC(C)C)OC(=O)CCCCCCCCCCCCCCCCC(C)CC. The maximum absolute atomic E-state index is 13.1. The first-order valence-corrected chi connectivity index (χ1v) is 44.4. The number of phosphoric ester groups is 2. The van der Waals surface area contributed by atoms with Gasteiger partial charge >= 0.3 is 39.5 Å². The summed E-state index contributed by atoms with van der Waals surface area (Å²) in [5, 5.41) is 10.6.